The zero-order chi connectivity index (χ0) is 28.6. The van der Waals surface area contributed by atoms with Crippen molar-refractivity contribution in [3.8, 4) is 5.75 Å². The molecule has 1 aromatic rings. The van der Waals surface area contributed by atoms with E-state index in [1.54, 1.807) is 43.5 Å². The molecule has 212 valence electrons. The summed E-state index contributed by atoms with van der Waals surface area (Å²) in [6, 6.07) is 7.16. The summed E-state index contributed by atoms with van der Waals surface area (Å²) in [5.41, 5.74) is -0.890. The molecule has 0 saturated heterocycles. The number of aliphatic hydroxyl groups excluding tert-OH is 1. The summed E-state index contributed by atoms with van der Waals surface area (Å²) in [4.78, 5) is 38.8. The minimum Gasteiger partial charge on any atom is -0.497 e. The minimum absolute atomic E-state index is 0.0983. The summed E-state index contributed by atoms with van der Waals surface area (Å²) in [6.45, 7) is 11.7. The van der Waals surface area contributed by atoms with Crippen LogP contribution in [0.25, 0.3) is 6.08 Å². The molecule has 0 spiro atoms. The molecule has 8 atom stereocenters. The Balaban J connectivity index is 1.53. The molecule has 3 aliphatic carbocycles. The molecule has 2 unspecified atom stereocenters. The van der Waals surface area contributed by atoms with Crippen molar-refractivity contribution in [3.05, 3.63) is 48.6 Å². The highest BCUT2D eigenvalue weighted by molar-refractivity contribution is 5.88. The summed E-state index contributed by atoms with van der Waals surface area (Å²) in [6.07, 6.45) is 6.54. The Labute approximate surface area is 231 Å². The van der Waals surface area contributed by atoms with Crippen LogP contribution in [0.3, 0.4) is 0 Å². The third-order valence-corrected chi connectivity index (χ3v) is 10.4. The van der Waals surface area contributed by atoms with Crippen LogP contribution in [0.1, 0.15) is 65.4 Å². The Kier molecular flexibility index (Phi) is 8.13. The Morgan fingerprint density at radius 1 is 1.15 bits per heavy atom. The Bertz CT molecular complexity index is 1140. The molecule has 4 rings (SSSR count). The van der Waals surface area contributed by atoms with Crippen LogP contribution in [0.4, 0.5) is 0 Å². The topological polar surface area (TPSA) is 99.1 Å². The second kappa shape index (κ2) is 10.9. The summed E-state index contributed by atoms with van der Waals surface area (Å²) >= 11 is 0. The number of Topliss-reactive ketones (excluding diaryl/α,β-unsaturated/α-hetero) is 1. The monoisotopic (exact) mass is 538 g/mol. The van der Waals surface area contributed by atoms with Crippen LogP contribution in [0.2, 0.25) is 0 Å². The zero-order valence-electron chi connectivity index (χ0n) is 23.8. The first-order chi connectivity index (χ1) is 18.4. The maximum absolute atomic E-state index is 13.5. The lowest BCUT2D eigenvalue weighted by molar-refractivity contribution is -0.208. The molecule has 2 bridgehead atoms. The predicted octanol–water partition coefficient (Wildman–Crippen LogP) is 5.16. The SMILES string of the molecule is C=CC1(C)C[C@@H](OC(=O)COC(=O)/C=C/c2ccc(OC)cc2)[C@@]2(C)[C@@H]3C(=O)CCC3(CC[C@@H]2C)[C@@H](C)[C@@H]1O. The Hall–Kier alpha value is -2.93. The predicted molar refractivity (Wildman–Crippen MR) is 148 cm³/mol. The van der Waals surface area contributed by atoms with E-state index in [-0.39, 0.29) is 29.0 Å². The highest BCUT2D eigenvalue weighted by Gasteiger charge is 2.68. The van der Waals surface area contributed by atoms with E-state index in [9.17, 15) is 19.5 Å². The molecule has 1 aromatic carbocycles. The average Bonchev–Trinajstić information content (AvgIpc) is 3.29. The number of carbonyl (C=O) groups is 3. The van der Waals surface area contributed by atoms with Crippen LogP contribution < -0.4 is 4.74 Å². The maximum Gasteiger partial charge on any atom is 0.344 e. The first kappa shape index (κ1) is 29.1. The van der Waals surface area contributed by atoms with Crippen molar-refractivity contribution in [2.75, 3.05) is 13.7 Å². The largest absolute Gasteiger partial charge is 0.497 e. The van der Waals surface area contributed by atoms with Crippen molar-refractivity contribution in [1.82, 2.24) is 0 Å². The lowest BCUT2D eigenvalue weighted by Crippen LogP contribution is -2.63. The second-order valence-corrected chi connectivity index (χ2v) is 12.3. The first-order valence-electron chi connectivity index (χ1n) is 13.9. The van der Waals surface area contributed by atoms with Crippen LogP contribution in [0, 0.1) is 34.0 Å². The van der Waals surface area contributed by atoms with Crippen molar-refractivity contribution in [3.63, 3.8) is 0 Å². The normalized spacial score (nSPS) is 37.9. The highest BCUT2D eigenvalue weighted by Crippen LogP contribution is 2.68. The van der Waals surface area contributed by atoms with E-state index in [0.29, 0.717) is 18.6 Å². The quantitative estimate of drug-likeness (QED) is 0.291. The third kappa shape index (κ3) is 5.06. The molecule has 0 aliphatic heterocycles. The molecule has 0 heterocycles. The van der Waals surface area contributed by atoms with E-state index in [1.165, 1.54) is 6.08 Å². The van der Waals surface area contributed by atoms with Gasteiger partial charge < -0.3 is 19.3 Å². The third-order valence-electron chi connectivity index (χ3n) is 10.4. The van der Waals surface area contributed by atoms with E-state index in [4.69, 9.17) is 14.2 Å². The van der Waals surface area contributed by atoms with E-state index in [2.05, 4.69) is 27.4 Å². The smallest absolute Gasteiger partial charge is 0.344 e. The van der Waals surface area contributed by atoms with Crippen molar-refractivity contribution < 1.29 is 33.7 Å². The number of aliphatic hydroxyl groups is 1. The number of ketones is 1. The first-order valence-corrected chi connectivity index (χ1v) is 13.9. The van der Waals surface area contributed by atoms with Gasteiger partial charge in [-0.3, -0.25) is 4.79 Å². The molecule has 3 fully saturated rings. The Morgan fingerprint density at radius 3 is 2.49 bits per heavy atom. The van der Waals surface area contributed by atoms with Crippen LogP contribution >= 0.6 is 0 Å². The van der Waals surface area contributed by atoms with Crippen LogP contribution in [-0.4, -0.2) is 48.8 Å². The van der Waals surface area contributed by atoms with Gasteiger partial charge in [-0.25, -0.2) is 9.59 Å². The van der Waals surface area contributed by atoms with Gasteiger partial charge in [-0.15, -0.1) is 6.58 Å². The van der Waals surface area contributed by atoms with Gasteiger partial charge in [-0.2, -0.15) is 0 Å². The molecule has 7 heteroatoms. The molecule has 0 aromatic heterocycles. The number of benzene rings is 1. The summed E-state index contributed by atoms with van der Waals surface area (Å²) in [5, 5.41) is 11.6. The van der Waals surface area contributed by atoms with Crippen LogP contribution in [-0.2, 0) is 23.9 Å². The number of ether oxygens (including phenoxy) is 3. The molecular weight excluding hydrogens is 496 g/mol. The van der Waals surface area contributed by atoms with E-state index < -0.39 is 41.6 Å². The number of carbonyl (C=O) groups excluding carboxylic acids is 3. The molecule has 3 saturated carbocycles. The lowest BCUT2D eigenvalue weighted by Gasteiger charge is -2.61. The van der Waals surface area contributed by atoms with Crippen molar-refractivity contribution in [2.24, 2.45) is 34.0 Å². The van der Waals surface area contributed by atoms with Gasteiger partial charge in [0, 0.05) is 29.2 Å². The minimum atomic E-state index is -0.733. The van der Waals surface area contributed by atoms with Gasteiger partial charge in [0.05, 0.1) is 13.2 Å². The molecule has 7 nitrogen and oxygen atoms in total. The van der Waals surface area contributed by atoms with Gasteiger partial charge in [0.25, 0.3) is 0 Å². The van der Waals surface area contributed by atoms with Gasteiger partial charge in [0.1, 0.15) is 17.6 Å². The highest BCUT2D eigenvalue weighted by atomic mass is 16.6. The number of rotatable bonds is 7. The van der Waals surface area contributed by atoms with Crippen LogP contribution in [0.15, 0.2) is 43.0 Å². The van der Waals surface area contributed by atoms with Gasteiger partial charge in [0.15, 0.2) is 6.61 Å². The number of esters is 2. The van der Waals surface area contributed by atoms with Crippen LogP contribution in [0.5, 0.6) is 5.75 Å². The number of hydrogen-bond acceptors (Lipinski definition) is 7. The fourth-order valence-electron chi connectivity index (χ4n) is 7.75. The molecule has 3 aliphatic rings. The van der Waals surface area contributed by atoms with Crippen molar-refractivity contribution in [2.45, 2.75) is 72.0 Å². The van der Waals surface area contributed by atoms with Crippen molar-refractivity contribution >= 4 is 23.8 Å². The van der Waals surface area contributed by atoms with E-state index in [0.717, 1.165) is 24.8 Å². The zero-order valence-corrected chi connectivity index (χ0v) is 23.8. The maximum atomic E-state index is 13.5. The molecule has 0 amide bonds. The number of hydrogen-bond donors (Lipinski definition) is 1. The van der Waals surface area contributed by atoms with Gasteiger partial charge in [0.2, 0.25) is 0 Å². The fourth-order valence-corrected chi connectivity index (χ4v) is 7.75. The fraction of sp³-hybridized carbons (Fsp3) is 0.594. The average molecular weight is 539 g/mol. The Morgan fingerprint density at radius 2 is 1.85 bits per heavy atom. The van der Waals surface area contributed by atoms with Gasteiger partial charge in [-0.1, -0.05) is 45.9 Å². The molecular formula is C32H42O7. The summed E-state index contributed by atoms with van der Waals surface area (Å²) in [5.74, 6) is -0.708. The van der Waals surface area contributed by atoms with Gasteiger partial charge in [-0.05, 0) is 66.7 Å². The standard InChI is InChI=1S/C32H42O7/c1-7-30(4)18-25(39-27(35)19-38-26(34)13-10-22-8-11-23(37-6)12-9-22)31(5)20(2)14-16-32(21(3)29(30)36)17-15-24(33)28(31)32/h7-13,20-21,25,28-29,36H,1,14-19H2,2-6H3/b13-10+/t20-,21-,25+,28-,29-,30?,31-,32?/m0/s1. The van der Waals surface area contributed by atoms with Crippen molar-refractivity contribution in [1.29, 1.82) is 0 Å². The molecule has 1 N–H and O–H groups in total. The van der Waals surface area contributed by atoms with E-state index >= 15 is 0 Å². The summed E-state index contributed by atoms with van der Waals surface area (Å²) in [7, 11) is 1.58. The van der Waals surface area contributed by atoms with Gasteiger partial charge >= 0.3 is 11.9 Å². The number of methoxy groups -OCH3 is 1. The van der Waals surface area contributed by atoms with E-state index in [1.807, 2.05) is 6.92 Å². The summed E-state index contributed by atoms with van der Waals surface area (Å²) < 4.78 is 16.4. The second-order valence-electron chi connectivity index (χ2n) is 12.3. The molecule has 39 heavy (non-hydrogen) atoms. The molecule has 0 radical (unpaired) electrons. The lowest BCUT2D eigenvalue weighted by atomic mass is 9.44.